The minimum absolute atomic E-state index is 0.0733. The number of para-hydroxylation sites is 2. The molecule has 10 nitrogen and oxygen atoms in total. The molecule has 0 bridgehead atoms. The summed E-state index contributed by atoms with van der Waals surface area (Å²) in [7, 11) is 0. The molecule has 0 saturated heterocycles. The predicted molar refractivity (Wildman–Crippen MR) is 139 cm³/mol. The number of aliphatic imine (C=N–C) groups is 2. The van der Waals surface area contributed by atoms with Crippen LogP contribution in [0.25, 0.3) is 0 Å². The van der Waals surface area contributed by atoms with E-state index >= 15 is 0 Å². The number of allylic oxidation sites excluding steroid dienone is 1. The fraction of sp³-hybridized carbons (Fsp3) is 0.423. The SMILES string of the molecule is C=Nc1ccccc1N1C=CC(c2ccc(OCCOCCOCCOCCOCCOF)nc2)=NC1. The molecular formula is C26H33FN4O6. The van der Waals surface area contributed by atoms with Gasteiger partial charge in [-0.3, -0.25) is 9.98 Å². The molecule has 0 amide bonds. The minimum Gasteiger partial charge on any atom is -0.475 e. The predicted octanol–water partition coefficient (Wildman–Crippen LogP) is 3.54. The first-order valence-electron chi connectivity index (χ1n) is 12.0. The lowest BCUT2D eigenvalue weighted by atomic mass is 10.1. The van der Waals surface area contributed by atoms with Crippen molar-refractivity contribution in [2.24, 2.45) is 9.98 Å². The van der Waals surface area contributed by atoms with Gasteiger partial charge in [-0.05, 0) is 35.5 Å². The first-order valence-corrected chi connectivity index (χ1v) is 12.0. The van der Waals surface area contributed by atoms with E-state index in [1.807, 2.05) is 53.6 Å². The van der Waals surface area contributed by atoms with E-state index in [2.05, 4.69) is 26.6 Å². The molecule has 0 spiro atoms. The Kier molecular flexibility index (Phi) is 13.2. The third-order valence-electron chi connectivity index (χ3n) is 5.10. The summed E-state index contributed by atoms with van der Waals surface area (Å²) in [5.74, 6) is 0.523. The summed E-state index contributed by atoms with van der Waals surface area (Å²) in [5, 5.41) is 0. The van der Waals surface area contributed by atoms with Crippen LogP contribution >= 0.6 is 0 Å². The van der Waals surface area contributed by atoms with Gasteiger partial charge in [-0.15, -0.1) is 0 Å². The van der Waals surface area contributed by atoms with Gasteiger partial charge in [0, 0.05) is 24.0 Å². The zero-order chi connectivity index (χ0) is 26.0. The zero-order valence-corrected chi connectivity index (χ0v) is 20.8. The average molecular weight is 517 g/mol. The van der Waals surface area contributed by atoms with Gasteiger partial charge >= 0.3 is 0 Å². The normalized spacial score (nSPS) is 13.0. The second kappa shape index (κ2) is 17.3. The van der Waals surface area contributed by atoms with Crippen LogP contribution in [0, 0.1) is 0 Å². The molecule has 11 heteroatoms. The Morgan fingerprint density at radius 1 is 0.838 bits per heavy atom. The van der Waals surface area contributed by atoms with Crippen LogP contribution in [0.1, 0.15) is 5.56 Å². The Morgan fingerprint density at radius 2 is 1.49 bits per heavy atom. The first-order chi connectivity index (χ1) is 18.3. The molecule has 2 aromatic rings. The van der Waals surface area contributed by atoms with Crippen LogP contribution in [0.2, 0.25) is 0 Å². The summed E-state index contributed by atoms with van der Waals surface area (Å²) in [6.45, 7) is 7.70. The highest BCUT2D eigenvalue weighted by atomic mass is 19.3. The number of nitrogens with zero attached hydrogens (tertiary/aromatic N) is 4. The smallest absolute Gasteiger partial charge is 0.213 e. The minimum atomic E-state index is -0.0733. The standard InChI is InChI=1S/C26H33FN4O6/c1-28-24-4-2-3-5-25(24)31-9-8-23(30-21-31)22-6-7-26(29-20-22)36-18-16-34-14-12-32-10-11-33-13-15-35-17-19-37-27/h2-9,20H,1,10-19,21H2. The van der Waals surface area contributed by atoms with Crippen LogP contribution in [-0.2, 0) is 23.9 Å². The molecular weight excluding hydrogens is 483 g/mol. The van der Waals surface area contributed by atoms with Crippen LogP contribution in [-0.4, -0.2) is 90.2 Å². The summed E-state index contributed by atoms with van der Waals surface area (Å²) in [4.78, 5) is 18.5. The quantitative estimate of drug-likeness (QED) is 0.207. The number of benzene rings is 1. The molecule has 200 valence electrons. The second-order valence-corrected chi connectivity index (χ2v) is 7.61. The molecule has 2 heterocycles. The number of anilines is 1. The van der Waals surface area contributed by atoms with Crippen molar-refractivity contribution >= 4 is 23.8 Å². The summed E-state index contributed by atoms with van der Waals surface area (Å²) in [6, 6.07) is 11.6. The van der Waals surface area contributed by atoms with Gasteiger partial charge in [0.15, 0.2) is 0 Å². The van der Waals surface area contributed by atoms with Crippen molar-refractivity contribution in [2.45, 2.75) is 0 Å². The maximum Gasteiger partial charge on any atom is 0.213 e. The molecule has 37 heavy (non-hydrogen) atoms. The third kappa shape index (κ3) is 10.3. The van der Waals surface area contributed by atoms with Gasteiger partial charge in [-0.25, -0.2) is 4.98 Å². The molecule has 0 N–H and O–H groups in total. The van der Waals surface area contributed by atoms with Crippen LogP contribution in [0.5, 0.6) is 5.88 Å². The molecule has 1 aromatic heterocycles. The Hall–Kier alpha value is -3.22. The van der Waals surface area contributed by atoms with Crippen molar-refractivity contribution in [3.8, 4) is 5.88 Å². The van der Waals surface area contributed by atoms with E-state index in [1.165, 1.54) is 0 Å². The van der Waals surface area contributed by atoms with Gasteiger partial charge in [-0.1, -0.05) is 12.1 Å². The number of pyridine rings is 1. The van der Waals surface area contributed by atoms with Gasteiger partial charge in [0.25, 0.3) is 0 Å². The lowest BCUT2D eigenvalue weighted by Crippen LogP contribution is -2.21. The van der Waals surface area contributed by atoms with Crippen molar-refractivity contribution in [3.05, 3.63) is 60.4 Å². The van der Waals surface area contributed by atoms with E-state index in [-0.39, 0.29) is 13.2 Å². The molecule has 0 aliphatic carbocycles. The van der Waals surface area contributed by atoms with Gasteiger partial charge < -0.3 is 28.6 Å². The molecule has 1 aliphatic heterocycles. The molecule has 3 rings (SSSR count). The lowest BCUT2D eigenvalue weighted by molar-refractivity contribution is -0.147. The van der Waals surface area contributed by atoms with Crippen LogP contribution in [0.4, 0.5) is 15.9 Å². The monoisotopic (exact) mass is 516 g/mol. The molecule has 0 radical (unpaired) electrons. The molecule has 1 aromatic carbocycles. The summed E-state index contributed by atoms with van der Waals surface area (Å²) >= 11 is 0. The van der Waals surface area contributed by atoms with E-state index in [4.69, 9.17) is 23.7 Å². The lowest BCUT2D eigenvalue weighted by Gasteiger charge is -2.23. The van der Waals surface area contributed by atoms with Crippen LogP contribution in [0.15, 0.2) is 64.9 Å². The summed E-state index contributed by atoms with van der Waals surface area (Å²) < 4.78 is 38.3. The fourth-order valence-corrected chi connectivity index (χ4v) is 3.27. The zero-order valence-electron chi connectivity index (χ0n) is 20.8. The highest BCUT2D eigenvalue weighted by molar-refractivity contribution is 6.09. The van der Waals surface area contributed by atoms with E-state index in [0.29, 0.717) is 65.4 Å². The number of hydrogen-bond donors (Lipinski definition) is 0. The summed E-state index contributed by atoms with van der Waals surface area (Å²) in [5.41, 5.74) is 3.54. The van der Waals surface area contributed by atoms with Crippen molar-refractivity contribution in [1.82, 2.24) is 4.98 Å². The number of hydrogen-bond acceptors (Lipinski definition) is 10. The molecule has 0 saturated carbocycles. The van der Waals surface area contributed by atoms with E-state index in [0.717, 1.165) is 22.6 Å². The van der Waals surface area contributed by atoms with Crippen LogP contribution in [0.3, 0.4) is 0 Å². The number of aromatic nitrogens is 1. The Morgan fingerprint density at radius 3 is 2.05 bits per heavy atom. The average Bonchev–Trinajstić information content (AvgIpc) is 2.95. The van der Waals surface area contributed by atoms with E-state index < -0.39 is 0 Å². The van der Waals surface area contributed by atoms with Crippen molar-refractivity contribution in [3.63, 3.8) is 0 Å². The van der Waals surface area contributed by atoms with Crippen molar-refractivity contribution in [2.75, 3.05) is 77.6 Å². The molecule has 0 unspecified atom stereocenters. The van der Waals surface area contributed by atoms with Gasteiger partial charge in [0.2, 0.25) is 5.88 Å². The second-order valence-electron chi connectivity index (χ2n) is 7.61. The first kappa shape index (κ1) is 28.4. The Balaban J connectivity index is 1.23. The highest BCUT2D eigenvalue weighted by Crippen LogP contribution is 2.29. The molecule has 0 atom stereocenters. The van der Waals surface area contributed by atoms with Gasteiger partial charge in [0.1, 0.15) is 19.9 Å². The highest BCUT2D eigenvalue weighted by Gasteiger charge is 2.12. The maximum absolute atomic E-state index is 11.4. The van der Waals surface area contributed by atoms with E-state index in [9.17, 15) is 4.53 Å². The van der Waals surface area contributed by atoms with Crippen LogP contribution < -0.4 is 9.64 Å². The largest absolute Gasteiger partial charge is 0.475 e. The fourth-order valence-electron chi connectivity index (χ4n) is 3.27. The third-order valence-corrected chi connectivity index (χ3v) is 5.10. The van der Waals surface area contributed by atoms with E-state index in [1.54, 1.807) is 6.20 Å². The summed E-state index contributed by atoms with van der Waals surface area (Å²) in [6.07, 6.45) is 5.67. The molecule has 0 fully saturated rings. The number of halogens is 1. The Bertz CT molecular complexity index is 989. The number of ether oxygens (including phenoxy) is 5. The topological polar surface area (TPSA) is 96.2 Å². The number of rotatable bonds is 19. The maximum atomic E-state index is 11.4. The van der Waals surface area contributed by atoms with Crippen molar-refractivity contribution in [1.29, 1.82) is 0 Å². The van der Waals surface area contributed by atoms with Gasteiger partial charge in [-0.2, -0.15) is 4.94 Å². The Labute approximate surface area is 216 Å². The van der Waals surface area contributed by atoms with Gasteiger partial charge in [0.05, 0.1) is 69.9 Å². The van der Waals surface area contributed by atoms with Crippen molar-refractivity contribution < 1.29 is 33.2 Å². The molecule has 1 aliphatic rings.